The van der Waals surface area contributed by atoms with Crippen molar-refractivity contribution in [1.29, 1.82) is 0 Å². The molecule has 0 radical (unpaired) electrons. The van der Waals surface area contributed by atoms with Crippen molar-refractivity contribution >= 4 is 22.4 Å². The first-order valence-corrected chi connectivity index (χ1v) is 6.46. The Bertz CT molecular complexity index is 633. The van der Waals surface area contributed by atoms with E-state index in [0.29, 0.717) is 11.4 Å². The van der Waals surface area contributed by atoms with Crippen LogP contribution in [-0.4, -0.2) is 40.0 Å². The van der Waals surface area contributed by atoms with Crippen LogP contribution in [0.5, 0.6) is 0 Å². The van der Waals surface area contributed by atoms with Gasteiger partial charge in [0.15, 0.2) is 5.52 Å². The molecule has 1 fully saturated rings. The summed E-state index contributed by atoms with van der Waals surface area (Å²) in [5.74, 6) is 0.329. The molecule has 2 aromatic rings. The molecule has 0 spiro atoms. The van der Waals surface area contributed by atoms with E-state index in [2.05, 4.69) is 19.8 Å². The second kappa shape index (κ2) is 5.04. The minimum absolute atomic E-state index is 0.102. The van der Waals surface area contributed by atoms with E-state index in [1.54, 1.807) is 6.07 Å². The number of rotatable bonds is 3. The van der Waals surface area contributed by atoms with Gasteiger partial charge in [-0.3, -0.25) is 10.1 Å². The monoisotopic (exact) mass is 278 g/mol. The van der Waals surface area contributed by atoms with E-state index in [1.165, 1.54) is 6.07 Å². The normalized spacial score (nSPS) is 16.8. The summed E-state index contributed by atoms with van der Waals surface area (Å²) >= 11 is 0. The van der Waals surface area contributed by atoms with Crippen molar-refractivity contribution in [3.63, 3.8) is 0 Å². The van der Waals surface area contributed by atoms with Crippen LogP contribution in [-0.2, 0) is 0 Å². The van der Waals surface area contributed by atoms with Crippen molar-refractivity contribution < 1.29 is 14.7 Å². The first-order valence-electron chi connectivity index (χ1n) is 6.46. The van der Waals surface area contributed by atoms with E-state index in [9.17, 15) is 10.1 Å². The number of anilines is 1. The molecular formula is C12H14N4O4. The van der Waals surface area contributed by atoms with Crippen molar-refractivity contribution in [3.8, 4) is 0 Å². The van der Waals surface area contributed by atoms with Crippen LogP contribution in [0.25, 0.3) is 11.0 Å². The minimum Gasteiger partial charge on any atom is -0.396 e. The maximum absolute atomic E-state index is 10.9. The molecule has 2 heterocycles. The molecule has 1 N–H and O–H groups in total. The van der Waals surface area contributed by atoms with Gasteiger partial charge in [-0.2, -0.15) is 0 Å². The number of piperidine rings is 1. The lowest BCUT2D eigenvalue weighted by molar-refractivity contribution is -0.383. The number of benzene rings is 1. The van der Waals surface area contributed by atoms with Gasteiger partial charge >= 0.3 is 5.69 Å². The molecule has 1 aliphatic rings. The largest absolute Gasteiger partial charge is 0.396 e. The number of nitrogens with zero attached hydrogens (tertiary/aromatic N) is 4. The fourth-order valence-corrected chi connectivity index (χ4v) is 2.60. The van der Waals surface area contributed by atoms with Crippen LogP contribution < -0.4 is 4.90 Å². The average molecular weight is 278 g/mol. The van der Waals surface area contributed by atoms with E-state index < -0.39 is 4.92 Å². The highest BCUT2D eigenvalue weighted by atomic mass is 16.6. The summed E-state index contributed by atoms with van der Waals surface area (Å²) in [6, 6.07) is 3.12. The van der Waals surface area contributed by atoms with Gasteiger partial charge in [0.1, 0.15) is 0 Å². The van der Waals surface area contributed by atoms with E-state index in [1.807, 2.05) is 0 Å². The predicted molar refractivity (Wildman–Crippen MR) is 70.5 cm³/mol. The van der Waals surface area contributed by atoms with Crippen LogP contribution in [0.3, 0.4) is 0 Å². The number of aromatic nitrogens is 2. The average Bonchev–Trinajstić information content (AvgIpc) is 2.95. The number of non-ortho nitro benzene ring substituents is 1. The number of nitro groups is 1. The zero-order valence-electron chi connectivity index (χ0n) is 10.7. The van der Waals surface area contributed by atoms with Gasteiger partial charge in [-0.15, -0.1) is 0 Å². The Kier molecular flexibility index (Phi) is 3.23. The number of hydrogen-bond donors (Lipinski definition) is 1. The lowest BCUT2D eigenvalue weighted by atomic mass is 9.97. The molecule has 1 aliphatic heterocycles. The van der Waals surface area contributed by atoms with Gasteiger partial charge in [0.25, 0.3) is 0 Å². The van der Waals surface area contributed by atoms with E-state index in [0.717, 1.165) is 31.6 Å². The smallest absolute Gasteiger partial charge is 0.300 e. The van der Waals surface area contributed by atoms with E-state index >= 15 is 0 Å². The molecule has 0 bridgehead atoms. The molecule has 0 atom stereocenters. The second-order valence-corrected chi connectivity index (χ2v) is 4.94. The zero-order chi connectivity index (χ0) is 14.1. The maximum atomic E-state index is 10.9. The van der Waals surface area contributed by atoms with Gasteiger partial charge < -0.3 is 10.0 Å². The van der Waals surface area contributed by atoms with Crippen molar-refractivity contribution in [2.75, 3.05) is 24.6 Å². The zero-order valence-corrected chi connectivity index (χ0v) is 10.7. The topological polar surface area (TPSA) is 106 Å². The summed E-state index contributed by atoms with van der Waals surface area (Å²) in [5.41, 5.74) is 1.29. The van der Waals surface area contributed by atoms with Crippen LogP contribution in [0.15, 0.2) is 16.8 Å². The van der Waals surface area contributed by atoms with Crippen LogP contribution in [0.2, 0.25) is 0 Å². The molecule has 20 heavy (non-hydrogen) atoms. The molecule has 0 aliphatic carbocycles. The summed E-state index contributed by atoms with van der Waals surface area (Å²) in [4.78, 5) is 12.5. The van der Waals surface area contributed by atoms with E-state index in [-0.39, 0.29) is 17.8 Å². The fourth-order valence-electron chi connectivity index (χ4n) is 2.60. The summed E-state index contributed by atoms with van der Waals surface area (Å²) in [7, 11) is 0. The first kappa shape index (κ1) is 12.8. The molecule has 1 aromatic carbocycles. The van der Waals surface area contributed by atoms with Crippen LogP contribution >= 0.6 is 0 Å². The SMILES string of the molecule is O=[N+]([O-])c1ccc(N2CCC(CO)CC2)c2nonc12. The number of nitro benzene ring substituents is 1. The summed E-state index contributed by atoms with van der Waals surface area (Å²) < 4.78 is 4.66. The Labute approximate surface area is 114 Å². The Balaban J connectivity index is 1.95. The predicted octanol–water partition coefficient (Wildman–Crippen LogP) is 1.34. The number of fused-ring (bicyclic) bond motifs is 1. The highest BCUT2D eigenvalue weighted by Crippen LogP contribution is 2.33. The molecule has 0 saturated carbocycles. The number of aliphatic hydroxyl groups is 1. The lowest BCUT2D eigenvalue weighted by Gasteiger charge is -2.32. The summed E-state index contributed by atoms with van der Waals surface area (Å²) in [6.07, 6.45) is 1.78. The molecule has 8 heteroatoms. The van der Waals surface area contributed by atoms with Gasteiger partial charge in [-0.1, -0.05) is 0 Å². The lowest BCUT2D eigenvalue weighted by Crippen LogP contribution is -2.34. The van der Waals surface area contributed by atoms with Crippen LogP contribution in [0.4, 0.5) is 11.4 Å². The molecule has 0 amide bonds. The summed E-state index contributed by atoms with van der Waals surface area (Å²) in [6.45, 7) is 1.77. The fraction of sp³-hybridized carbons (Fsp3) is 0.500. The van der Waals surface area contributed by atoms with E-state index in [4.69, 9.17) is 5.11 Å². The van der Waals surface area contributed by atoms with Crippen molar-refractivity contribution in [2.24, 2.45) is 5.92 Å². The first-order chi connectivity index (χ1) is 9.70. The van der Waals surface area contributed by atoms with Gasteiger partial charge in [-0.05, 0) is 35.1 Å². The quantitative estimate of drug-likeness (QED) is 0.667. The highest BCUT2D eigenvalue weighted by Gasteiger charge is 2.25. The number of hydrogen-bond acceptors (Lipinski definition) is 7. The van der Waals surface area contributed by atoms with Crippen LogP contribution in [0.1, 0.15) is 12.8 Å². The van der Waals surface area contributed by atoms with Gasteiger partial charge in [0, 0.05) is 25.8 Å². The third kappa shape index (κ3) is 2.07. The number of aliphatic hydroxyl groups excluding tert-OH is 1. The molecule has 8 nitrogen and oxygen atoms in total. The molecule has 0 unspecified atom stereocenters. The van der Waals surface area contributed by atoms with Crippen molar-refractivity contribution in [1.82, 2.24) is 10.3 Å². The summed E-state index contributed by atoms with van der Waals surface area (Å²) in [5, 5.41) is 27.5. The van der Waals surface area contributed by atoms with Crippen LogP contribution in [0, 0.1) is 16.0 Å². The Morgan fingerprint density at radius 3 is 2.70 bits per heavy atom. The molecule has 106 valence electrons. The third-order valence-electron chi connectivity index (χ3n) is 3.78. The van der Waals surface area contributed by atoms with Gasteiger partial charge in [-0.25, -0.2) is 4.63 Å². The second-order valence-electron chi connectivity index (χ2n) is 4.94. The molecule has 3 rings (SSSR count). The minimum atomic E-state index is -0.492. The standard InChI is InChI=1S/C12H14N4O4/c17-7-8-3-5-15(6-4-8)9-1-2-10(16(18)19)12-11(9)13-20-14-12/h1-2,8,17H,3-7H2. The highest BCUT2D eigenvalue weighted by molar-refractivity contribution is 5.93. The molecular weight excluding hydrogens is 264 g/mol. The van der Waals surface area contributed by atoms with Gasteiger partial charge in [0.2, 0.25) is 5.52 Å². The molecule has 1 saturated heterocycles. The van der Waals surface area contributed by atoms with Gasteiger partial charge in [0.05, 0.1) is 10.6 Å². The Hall–Kier alpha value is -2.22. The van der Waals surface area contributed by atoms with Crippen molar-refractivity contribution in [3.05, 3.63) is 22.2 Å². The maximum Gasteiger partial charge on any atom is 0.300 e. The Morgan fingerprint density at radius 1 is 1.35 bits per heavy atom. The van der Waals surface area contributed by atoms with Crippen molar-refractivity contribution in [2.45, 2.75) is 12.8 Å². The third-order valence-corrected chi connectivity index (χ3v) is 3.78. The Morgan fingerprint density at radius 2 is 2.05 bits per heavy atom. The molecule has 1 aromatic heterocycles.